The Kier molecular flexibility index (Phi) is 3.72. The summed E-state index contributed by atoms with van der Waals surface area (Å²) in [7, 11) is 6.01. The molecule has 0 aromatic heterocycles. The maximum Gasteiger partial charge on any atom is 0.369 e. The van der Waals surface area contributed by atoms with E-state index in [9.17, 15) is 4.79 Å². The molecule has 2 aliphatic rings. The highest BCUT2D eigenvalue weighted by Crippen LogP contribution is 2.18. The number of nitrogens with zero attached hydrogens (tertiary/aromatic N) is 4. The summed E-state index contributed by atoms with van der Waals surface area (Å²) in [4.78, 5) is 23.6. The minimum Gasteiger partial charge on any atom is -0.361 e. The summed E-state index contributed by atoms with van der Waals surface area (Å²) in [5.74, 6) is 0.798. The highest BCUT2D eigenvalue weighted by molar-refractivity contribution is 6.21. The van der Waals surface area contributed by atoms with Crippen molar-refractivity contribution in [1.29, 1.82) is 0 Å². The molecule has 1 aliphatic carbocycles. The Hall–Kier alpha value is -1.75. The minimum absolute atomic E-state index is 0.0138. The Bertz CT molecular complexity index is 460. The number of aliphatic imine (C=N–C) groups is 2. The zero-order chi connectivity index (χ0) is 13.1. The number of fused-ring (bicyclic) bond motifs is 1. The van der Waals surface area contributed by atoms with Crippen molar-refractivity contribution in [2.45, 2.75) is 0 Å². The van der Waals surface area contributed by atoms with Crippen LogP contribution >= 0.6 is 0 Å². The van der Waals surface area contributed by atoms with Gasteiger partial charge in [0.15, 0.2) is 0 Å². The molecule has 0 aromatic carbocycles. The summed E-state index contributed by atoms with van der Waals surface area (Å²) in [6.45, 7) is 1.75. The van der Waals surface area contributed by atoms with Crippen molar-refractivity contribution < 1.29 is 4.79 Å². The number of hydrogen-bond donors (Lipinski definition) is 0. The lowest BCUT2D eigenvalue weighted by Crippen LogP contribution is -2.41. The van der Waals surface area contributed by atoms with Crippen LogP contribution < -0.4 is 0 Å². The first-order valence-electron chi connectivity index (χ1n) is 6.00. The molecule has 0 radical (unpaired) electrons. The van der Waals surface area contributed by atoms with Gasteiger partial charge in [-0.1, -0.05) is 18.2 Å². The second-order valence-electron chi connectivity index (χ2n) is 4.74. The molecule has 0 spiro atoms. The van der Waals surface area contributed by atoms with Gasteiger partial charge in [-0.3, -0.25) is 0 Å². The fourth-order valence-corrected chi connectivity index (χ4v) is 1.95. The quantitative estimate of drug-likeness (QED) is 0.751. The lowest BCUT2D eigenvalue weighted by molar-refractivity contribution is 0.256. The Labute approximate surface area is 107 Å². The number of urea groups is 1. The van der Waals surface area contributed by atoms with Crippen LogP contribution in [0.4, 0.5) is 4.79 Å². The van der Waals surface area contributed by atoms with Gasteiger partial charge in [-0.25, -0.2) is 4.79 Å². The topological polar surface area (TPSA) is 48.3 Å². The van der Waals surface area contributed by atoms with Crippen LogP contribution in [0.2, 0.25) is 0 Å². The average Bonchev–Trinajstić information content (AvgIpc) is 2.34. The van der Waals surface area contributed by atoms with Crippen LogP contribution in [0.15, 0.2) is 34.3 Å². The van der Waals surface area contributed by atoms with Crippen LogP contribution in [0.25, 0.3) is 0 Å². The summed E-state index contributed by atoms with van der Waals surface area (Å²) in [5, 5.41) is 0. The van der Waals surface area contributed by atoms with Crippen LogP contribution in [0, 0.1) is 5.92 Å². The van der Waals surface area contributed by atoms with E-state index in [1.54, 1.807) is 0 Å². The normalized spacial score (nSPS) is 21.8. The summed E-state index contributed by atoms with van der Waals surface area (Å²) in [6.07, 6.45) is 7.76. The maximum atomic E-state index is 11.5. The van der Waals surface area contributed by atoms with Gasteiger partial charge in [0.05, 0.1) is 11.6 Å². The maximum absolute atomic E-state index is 11.5. The average molecular weight is 246 g/mol. The van der Waals surface area contributed by atoms with E-state index in [-0.39, 0.29) is 5.92 Å². The van der Waals surface area contributed by atoms with Gasteiger partial charge in [0, 0.05) is 20.1 Å². The molecule has 96 valence electrons. The fraction of sp³-hybridized carbons (Fsp3) is 0.462. The summed E-state index contributed by atoms with van der Waals surface area (Å²) in [6, 6.07) is -0.409. The Morgan fingerprint density at radius 3 is 2.67 bits per heavy atom. The molecule has 0 saturated heterocycles. The second-order valence-corrected chi connectivity index (χ2v) is 4.74. The third kappa shape index (κ3) is 2.73. The number of hydrogen-bond acceptors (Lipinski definition) is 3. The molecule has 1 heterocycles. The van der Waals surface area contributed by atoms with Crippen molar-refractivity contribution in [3.63, 3.8) is 0 Å². The van der Waals surface area contributed by atoms with Crippen molar-refractivity contribution in [2.24, 2.45) is 15.9 Å². The number of amidine groups is 1. The van der Waals surface area contributed by atoms with Crippen LogP contribution in [0.1, 0.15) is 0 Å². The van der Waals surface area contributed by atoms with Gasteiger partial charge < -0.3 is 9.80 Å². The predicted molar refractivity (Wildman–Crippen MR) is 73.2 cm³/mol. The van der Waals surface area contributed by atoms with E-state index in [4.69, 9.17) is 0 Å². The lowest BCUT2D eigenvalue weighted by Gasteiger charge is -2.29. The fourth-order valence-electron chi connectivity index (χ4n) is 1.95. The smallest absolute Gasteiger partial charge is 0.361 e. The van der Waals surface area contributed by atoms with Crippen molar-refractivity contribution in [3.05, 3.63) is 24.3 Å². The zero-order valence-corrected chi connectivity index (χ0v) is 11.0. The molecule has 0 N–H and O–H groups in total. The third-order valence-electron chi connectivity index (χ3n) is 2.99. The number of likely N-dealkylation sites (N-methyl/N-ethyl adjacent to an activating group) is 2. The number of allylic oxidation sites excluding steroid dienone is 3. The van der Waals surface area contributed by atoms with Gasteiger partial charge >= 0.3 is 6.03 Å². The van der Waals surface area contributed by atoms with E-state index in [1.165, 1.54) is 0 Å². The minimum atomic E-state index is -0.409. The number of rotatable bonds is 3. The SMILES string of the molecule is CN(C)CCN(C)C1=NC(=O)N=C2C=CC=CC21. The van der Waals surface area contributed by atoms with Crippen LogP contribution in [0.3, 0.4) is 0 Å². The molecular weight excluding hydrogens is 228 g/mol. The molecule has 5 heteroatoms. The highest BCUT2D eigenvalue weighted by Gasteiger charge is 2.27. The first kappa shape index (κ1) is 12.7. The number of amides is 2. The summed E-state index contributed by atoms with van der Waals surface area (Å²) >= 11 is 0. The Balaban J connectivity index is 2.14. The van der Waals surface area contributed by atoms with Gasteiger partial charge in [0.25, 0.3) is 0 Å². The third-order valence-corrected chi connectivity index (χ3v) is 2.99. The Morgan fingerprint density at radius 1 is 1.17 bits per heavy atom. The second kappa shape index (κ2) is 5.27. The molecule has 1 atom stereocenters. The van der Waals surface area contributed by atoms with Gasteiger partial charge in [0.1, 0.15) is 5.84 Å². The standard InChI is InChI=1S/C13H18N4O/c1-16(2)8-9-17(3)12-10-6-4-5-7-11(10)14-13(18)15-12/h4-7,10H,8-9H2,1-3H3. The first-order chi connectivity index (χ1) is 8.58. The largest absolute Gasteiger partial charge is 0.369 e. The van der Waals surface area contributed by atoms with E-state index >= 15 is 0 Å². The van der Waals surface area contributed by atoms with Gasteiger partial charge in [-0.05, 0) is 20.2 Å². The van der Waals surface area contributed by atoms with Gasteiger partial charge in [0.2, 0.25) is 0 Å². The van der Waals surface area contributed by atoms with Crippen LogP contribution in [-0.4, -0.2) is 61.6 Å². The van der Waals surface area contributed by atoms with Crippen molar-refractivity contribution in [1.82, 2.24) is 9.80 Å². The molecule has 1 aliphatic heterocycles. The Morgan fingerprint density at radius 2 is 1.94 bits per heavy atom. The molecule has 0 saturated carbocycles. The van der Waals surface area contributed by atoms with Crippen molar-refractivity contribution in [3.8, 4) is 0 Å². The molecule has 2 rings (SSSR count). The lowest BCUT2D eigenvalue weighted by atomic mass is 9.95. The van der Waals surface area contributed by atoms with Gasteiger partial charge in [-0.15, -0.1) is 0 Å². The molecule has 0 bridgehead atoms. The van der Waals surface area contributed by atoms with E-state index in [2.05, 4.69) is 14.9 Å². The molecular formula is C13H18N4O. The van der Waals surface area contributed by atoms with Crippen LogP contribution in [0.5, 0.6) is 0 Å². The molecule has 2 amide bonds. The van der Waals surface area contributed by atoms with E-state index in [0.717, 1.165) is 24.6 Å². The van der Waals surface area contributed by atoms with Crippen molar-refractivity contribution in [2.75, 3.05) is 34.2 Å². The molecule has 18 heavy (non-hydrogen) atoms. The van der Waals surface area contributed by atoms with Gasteiger partial charge in [-0.2, -0.15) is 9.98 Å². The van der Waals surface area contributed by atoms with E-state index in [1.807, 2.05) is 50.3 Å². The zero-order valence-electron chi connectivity index (χ0n) is 11.0. The molecule has 5 nitrogen and oxygen atoms in total. The van der Waals surface area contributed by atoms with E-state index < -0.39 is 6.03 Å². The van der Waals surface area contributed by atoms with Crippen molar-refractivity contribution >= 4 is 17.6 Å². The predicted octanol–water partition coefficient (Wildman–Crippen LogP) is 1.20. The van der Waals surface area contributed by atoms with Crippen LogP contribution in [-0.2, 0) is 0 Å². The highest BCUT2D eigenvalue weighted by atomic mass is 16.2. The molecule has 1 unspecified atom stereocenters. The summed E-state index contributed by atoms with van der Waals surface area (Å²) in [5.41, 5.74) is 0.782. The number of carbonyl (C=O) groups is 1. The number of carbonyl (C=O) groups excluding carboxylic acids is 1. The first-order valence-corrected chi connectivity index (χ1v) is 6.00. The molecule has 0 aromatic rings. The summed E-state index contributed by atoms with van der Waals surface area (Å²) < 4.78 is 0. The monoisotopic (exact) mass is 246 g/mol. The molecule has 0 fully saturated rings. The van der Waals surface area contributed by atoms with E-state index in [0.29, 0.717) is 0 Å².